The first-order valence-corrected chi connectivity index (χ1v) is 10.1. The van der Waals surface area contributed by atoms with Gasteiger partial charge >= 0.3 is 0 Å². The van der Waals surface area contributed by atoms with Gasteiger partial charge in [0.15, 0.2) is 5.76 Å². The van der Waals surface area contributed by atoms with Crippen molar-refractivity contribution in [2.24, 2.45) is 5.92 Å². The molecule has 30 heavy (non-hydrogen) atoms. The number of hydrogen-bond acceptors (Lipinski definition) is 6. The Morgan fingerprint density at radius 3 is 2.73 bits per heavy atom. The molecule has 7 heteroatoms. The predicted molar refractivity (Wildman–Crippen MR) is 113 cm³/mol. The minimum Gasteiger partial charge on any atom is -0.507 e. The number of allylic oxidation sites excluding steroid dienone is 1. The van der Waals surface area contributed by atoms with Gasteiger partial charge in [-0.05, 0) is 67.6 Å². The zero-order valence-electron chi connectivity index (χ0n) is 17.1. The Balaban J connectivity index is 1.66. The van der Waals surface area contributed by atoms with Crippen molar-refractivity contribution in [3.05, 3.63) is 68.5 Å². The quantitative estimate of drug-likeness (QED) is 0.456. The average Bonchev–Trinajstić information content (AvgIpc) is 3.02. The number of nitrogens with zero attached hydrogens (tertiary/aromatic N) is 2. The SMILES string of the molecule is Cc1cc(O)c(CN2CCCC(C)C2)c2c1C(=O)/C(=C\c1ccc([N+](=O)[O-])cc1)O2. The maximum Gasteiger partial charge on any atom is 0.269 e. The van der Waals surface area contributed by atoms with E-state index >= 15 is 0 Å². The van der Waals surface area contributed by atoms with Gasteiger partial charge in [-0.15, -0.1) is 0 Å². The number of piperidine rings is 1. The molecule has 4 rings (SSSR count). The van der Waals surface area contributed by atoms with Crippen molar-refractivity contribution < 1.29 is 19.6 Å². The highest BCUT2D eigenvalue weighted by Crippen LogP contribution is 2.42. The highest BCUT2D eigenvalue weighted by Gasteiger charge is 2.34. The van der Waals surface area contributed by atoms with E-state index in [9.17, 15) is 20.0 Å². The van der Waals surface area contributed by atoms with Crippen LogP contribution in [0.1, 0.15) is 46.8 Å². The Morgan fingerprint density at radius 1 is 1.33 bits per heavy atom. The predicted octanol–water partition coefficient (Wildman–Crippen LogP) is 4.46. The number of ether oxygens (including phenoxy) is 1. The van der Waals surface area contributed by atoms with Gasteiger partial charge in [0.2, 0.25) is 5.78 Å². The number of likely N-dealkylation sites (tertiary alicyclic amines) is 1. The number of ketones is 1. The number of carbonyl (C=O) groups excluding carboxylic acids is 1. The molecule has 2 aliphatic heterocycles. The van der Waals surface area contributed by atoms with Crippen LogP contribution in [0.4, 0.5) is 5.69 Å². The lowest BCUT2D eigenvalue weighted by molar-refractivity contribution is -0.384. The maximum absolute atomic E-state index is 13.0. The molecule has 7 nitrogen and oxygen atoms in total. The summed E-state index contributed by atoms with van der Waals surface area (Å²) in [5.74, 6) is 1.06. The van der Waals surface area contributed by atoms with Gasteiger partial charge in [-0.1, -0.05) is 6.92 Å². The first-order chi connectivity index (χ1) is 14.3. The Labute approximate surface area is 174 Å². The number of carbonyl (C=O) groups is 1. The van der Waals surface area contributed by atoms with E-state index in [0.29, 0.717) is 40.5 Å². The topological polar surface area (TPSA) is 92.9 Å². The molecule has 2 heterocycles. The van der Waals surface area contributed by atoms with Crippen molar-refractivity contribution in [1.82, 2.24) is 4.90 Å². The summed E-state index contributed by atoms with van der Waals surface area (Å²) in [6, 6.07) is 7.55. The van der Waals surface area contributed by atoms with Gasteiger partial charge in [0, 0.05) is 25.2 Å². The molecule has 0 aromatic heterocycles. The lowest BCUT2D eigenvalue weighted by Crippen LogP contribution is -2.33. The van der Waals surface area contributed by atoms with Crippen LogP contribution in [0.3, 0.4) is 0 Å². The number of aromatic hydroxyl groups is 1. The molecule has 156 valence electrons. The summed E-state index contributed by atoms with van der Waals surface area (Å²) in [5, 5.41) is 21.4. The van der Waals surface area contributed by atoms with E-state index in [1.165, 1.54) is 18.6 Å². The smallest absolute Gasteiger partial charge is 0.269 e. The summed E-state index contributed by atoms with van der Waals surface area (Å²) in [7, 11) is 0. The normalized spacial score (nSPS) is 20.3. The van der Waals surface area contributed by atoms with Gasteiger partial charge in [-0.3, -0.25) is 19.8 Å². The highest BCUT2D eigenvalue weighted by molar-refractivity contribution is 6.15. The summed E-state index contributed by atoms with van der Waals surface area (Å²) >= 11 is 0. The third kappa shape index (κ3) is 3.80. The van der Waals surface area contributed by atoms with Gasteiger partial charge < -0.3 is 9.84 Å². The largest absolute Gasteiger partial charge is 0.507 e. The van der Waals surface area contributed by atoms with Crippen molar-refractivity contribution >= 4 is 17.5 Å². The third-order valence-corrected chi connectivity index (χ3v) is 5.75. The zero-order valence-corrected chi connectivity index (χ0v) is 17.1. The van der Waals surface area contributed by atoms with Crippen LogP contribution < -0.4 is 4.74 Å². The van der Waals surface area contributed by atoms with Crippen LogP contribution in [0.25, 0.3) is 6.08 Å². The lowest BCUT2D eigenvalue weighted by Gasteiger charge is -2.31. The first-order valence-electron chi connectivity index (χ1n) is 10.1. The Hall–Kier alpha value is -3.19. The molecule has 1 N–H and O–H groups in total. The number of hydrogen-bond donors (Lipinski definition) is 1. The molecule has 0 radical (unpaired) electrons. The van der Waals surface area contributed by atoms with E-state index in [0.717, 1.165) is 19.5 Å². The standard InChI is InChI=1S/C23H24N2O5/c1-14-4-3-9-24(12-14)13-18-19(26)10-15(2)21-22(27)20(30-23(18)21)11-16-5-7-17(8-6-16)25(28)29/h5-8,10-11,14,26H,3-4,9,12-13H2,1-2H3/b20-11+. The number of benzene rings is 2. The zero-order chi connectivity index (χ0) is 21.4. The highest BCUT2D eigenvalue weighted by atomic mass is 16.6. The molecule has 2 aliphatic rings. The molecule has 2 aromatic carbocycles. The molecule has 1 atom stereocenters. The van der Waals surface area contributed by atoms with E-state index in [-0.39, 0.29) is 23.0 Å². The lowest BCUT2D eigenvalue weighted by atomic mass is 9.97. The molecule has 0 saturated carbocycles. The molecular weight excluding hydrogens is 384 g/mol. The van der Waals surface area contributed by atoms with E-state index in [4.69, 9.17) is 4.74 Å². The number of rotatable bonds is 4. The van der Waals surface area contributed by atoms with E-state index in [1.807, 2.05) is 0 Å². The van der Waals surface area contributed by atoms with Gasteiger partial charge in [-0.2, -0.15) is 0 Å². The molecule has 0 bridgehead atoms. The number of nitro groups is 1. The minimum absolute atomic E-state index is 0.0158. The van der Waals surface area contributed by atoms with Crippen LogP contribution in [-0.2, 0) is 6.54 Å². The molecule has 0 aliphatic carbocycles. The second-order valence-corrected chi connectivity index (χ2v) is 8.17. The van der Waals surface area contributed by atoms with Gasteiger partial charge in [0.1, 0.15) is 11.5 Å². The molecule has 0 spiro atoms. The molecule has 1 fully saturated rings. The number of non-ortho nitro benzene ring substituents is 1. The summed E-state index contributed by atoms with van der Waals surface area (Å²) in [5.41, 5.74) is 2.38. The van der Waals surface area contributed by atoms with Crippen LogP contribution in [0.15, 0.2) is 36.1 Å². The van der Waals surface area contributed by atoms with E-state index in [2.05, 4.69) is 11.8 Å². The van der Waals surface area contributed by atoms with Crippen molar-refractivity contribution in [3.8, 4) is 11.5 Å². The Morgan fingerprint density at radius 2 is 2.07 bits per heavy atom. The second kappa shape index (κ2) is 7.91. The van der Waals surface area contributed by atoms with Crippen LogP contribution in [-0.4, -0.2) is 33.8 Å². The fourth-order valence-corrected chi connectivity index (χ4v) is 4.23. The first kappa shape index (κ1) is 20.1. The number of nitro benzene ring substituents is 1. The fraction of sp³-hybridized carbons (Fsp3) is 0.348. The summed E-state index contributed by atoms with van der Waals surface area (Å²) in [6.45, 7) is 6.42. The molecule has 0 amide bonds. The minimum atomic E-state index is -0.468. The monoisotopic (exact) mass is 408 g/mol. The average molecular weight is 408 g/mol. The van der Waals surface area contributed by atoms with Crippen molar-refractivity contribution in [2.75, 3.05) is 13.1 Å². The summed E-state index contributed by atoms with van der Waals surface area (Å²) < 4.78 is 5.95. The fourth-order valence-electron chi connectivity index (χ4n) is 4.23. The number of Topliss-reactive ketones (excluding diaryl/α,β-unsaturated/α-hetero) is 1. The molecule has 1 unspecified atom stereocenters. The van der Waals surface area contributed by atoms with Crippen LogP contribution in [0.5, 0.6) is 11.5 Å². The summed E-state index contributed by atoms with van der Waals surface area (Å²) in [6.07, 6.45) is 3.89. The molecular formula is C23H24N2O5. The van der Waals surface area contributed by atoms with Crippen molar-refractivity contribution in [1.29, 1.82) is 0 Å². The molecule has 1 saturated heterocycles. The van der Waals surface area contributed by atoms with Gasteiger partial charge in [0.05, 0.1) is 16.1 Å². The van der Waals surface area contributed by atoms with Crippen LogP contribution in [0, 0.1) is 23.0 Å². The van der Waals surface area contributed by atoms with Gasteiger partial charge in [0.25, 0.3) is 5.69 Å². The summed E-state index contributed by atoms with van der Waals surface area (Å²) in [4.78, 5) is 25.7. The van der Waals surface area contributed by atoms with Crippen molar-refractivity contribution in [3.63, 3.8) is 0 Å². The maximum atomic E-state index is 13.0. The number of aryl methyl sites for hydroxylation is 1. The number of phenols is 1. The number of fused-ring (bicyclic) bond motifs is 1. The third-order valence-electron chi connectivity index (χ3n) is 5.75. The van der Waals surface area contributed by atoms with Crippen LogP contribution in [0.2, 0.25) is 0 Å². The van der Waals surface area contributed by atoms with Crippen molar-refractivity contribution in [2.45, 2.75) is 33.2 Å². The Kier molecular flexibility index (Phi) is 5.30. The molecule has 2 aromatic rings. The van der Waals surface area contributed by atoms with E-state index in [1.54, 1.807) is 31.2 Å². The second-order valence-electron chi connectivity index (χ2n) is 8.17. The van der Waals surface area contributed by atoms with Crippen LogP contribution >= 0.6 is 0 Å². The number of phenolic OH excluding ortho intramolecular Hbond substituents is 1. The van der Waals surface area contributed by atoms with Gasteiger partial charge in [-0.25, -0.2) is 0 Å². The van der Waals surface area contributed by atoms with E-state index < -0.39 is 4.92 Å². The Bertz CT molecular complexity index is 1040.